The largest absolute Gasteiger partial charge is 0.391 e. The highest BCUT2D eigenvalue weighted by Crippen LogP contribution is 2.25. The van der Waals surface area contributed by atoms with Gasteiger partial charge in [-0.15, -0.1) is 0 Å². The summed E-state index contributed by atoms with van der Waals surface area (Å²) in [7, 11) is 2.01. The van der Waals surface area contributed by atoms with Gasteiger partial charge in [0.2, 0.25) is 0 Å². The minimum absolute atomic E-state index is 0.147. The second-order valence-corrected chi connectivity index (χ2v) is 6.54. The number of halogens is 2. The Morgan fingerprint density at radius 1 is 1.48 bits per heavy atom. The molecule has 1 aliphatic heterocycles. The number of thiocarbonyl (C=S) groups is 1. The number of piperidine rings is 1. The molecule has 114 valence electrons. The number of amides is 1. The third kappa shape index (κ3) is 3.41. The van der Waals surface area contributed by atoms with E-state index >= 15 is 0 Å². The molecular weight excluding hydrogens is 357 g/mol. The molecule has 1 heterocycles. The number of rotatable bonds is 3. The first-order valence-corrected chi connectivity index (χ1v) is 7.81. The van der Waals surface area contributed by atoms with Crippen molar-refractivity contribution in [3.05, 3.63) is 34.1 Å². The first-order chi connectivity index (χ1) is 9.85. The number of nitrogens with zero attached hydrogens (tertiary/aromatic N) is 1. The van der Waals surface area contributed by atoms with Gasteiger partial charge in [0.25, 0.3) is 5.91 Å². The zero-order valence-corrected chi connectivity index (χ0v) is 14.1. The maximum atomic E-state index is 13.5. The summed E-state index contributed by atoms with van der Waals surface area (Å²) >= 11 is 8.25. The van der Waals surface area contributed by atoms with Crippen molar-refractivity contribution in [3.63, 3.8) is 0 Å². The monoisotopic (exact) mass is 373 g/mol. The Labute approximate surface area is 137 Å². The third-order valence-corrected chi connectivity index (χ3v) is 5.06. The summed E-state index contributed by atoms with van der Waals surface area (Å²) in [6, 6.07) is 4.35. The molecule has 0 saturated carbocycles. The van der Waals surface area contributed by atoms with Gasteiger partial charge in [-0.25, -0.2) is 4.39 Å². The zero-order valence-electron chi connectivity index (χ0n) is 11.7. The van der Waals surface area contributed by atoms with E-state index in [-0.39, 0.29) is 20.9 Å². The molecule has 1 aromatic rings. The number of nitrogens with two attached hydrogens (primary N) is 1. The first-order valence-electron chi connectivity index (χ1n) is 6.61. The lowest BCUT2D eigenvalue weighted by Crippen LogP contribution is -2.61. The van der Waals surface area contributed by atoms with Gasteiger partial charge in [-0.2, -0.15) is 0 Å². The minimum Gasteiger partial charge on any atom is -0.391 e. The summed E-state index contributed by atoms with van der Waals surface area (Å²) in [5, 5.41) is 2.91. The summed E-state index contributed by atoms with van der Waals surface area (Å²) < 4.78 is 13.7. The van der Waals surface area contributed by atoms with E-state index in [2.05, 4.69) is 26.1 Å². The van der Waals surface area contributed by atoms with Gasteiger partial charge in [-0.1, -0.05) is 18.3 Å². The van der Waals surface area contributed by atoms with E-state index in [1.54, 1.807) is 6.07 Å². The van der Waals surface area contributed by atoms with Crippen LogP contribution < -0.4 is 11.1 Å². The zero-order chi connectivity index (χ0) is 15.6. The van der Waals surface area contributed by atoms with E-state index in [1.807, 2.05) is 7.05 Å². The lowest BCUT2D eigenvalue weighted by molar-refractivity contribution is 0.0889. The Bertz CT molecular complexity index is 573. The van der Waals surface area contributed by atoms with Crippen LogP contribution in [-0.4, -0.2) is 41.5 Å². The lowest BCUT2D eigenvalue weighted by atomic mass is 9.87. The molecule has 3 N–H and O–H groups in total. The van der Waals surface area contributed by atoms with E-state index in [1.165, 1.54) is 12.1 Å². The van der Waals surface area contributed by atoms with E-state index in [4.69, 9.17) is 18.0 Å². The van der Waals surface area contributed by atoms with Crippen molar-refractivity contribution in [2.45, 2.75) is 18.4 Å². The van der Waals surface area contributed by atoms with Gasteiger partial charge in [0.15, 0.2) is 0 Å². The Hall–Kier alpha value is -1.05. The van der Waals surface area contributed by atoms with Crippen molar-refractivity contribution in [2.24, 2.45) is 5.73 Å². The molecular formula is C14H17BrFN3OS. The molecule has 7 heteroatoms. The minimum atomic E-state index is -0.704. The molecule has 1 aromatic carbocycles. The van der Waals surface area contributed by atoms with Gasteiger partial charge >= 0.3 is 0 Å². The predicted molar refractivity (Wildman–Crippen MR) is 87.8 cm³/mol. The second-order valence-electron chi connectivity index (χ2n) is 5.31. The smallest absolute Gasteiger partial charge is 0.253 e. The SMILES string of the molecule is CN1CCC(NC(=O)c2cccc(F)c2Br)(C(N)=S)CC1. The Kier molecular flexibility index (Phi) is 4.95. The maximum absolute atomic E-state index is 13.5. The first kappa shape index (κ1) is 16.3. The molecule has 4 nitrogen and oxygen atoms in total. The second kappa shape index (κ2) is 6.37. The summed E-state index contributed by atoms with van der Waals surface area (Å²) in [6.45, 7) is 1.59. The highest BCUT2D eigenvalue weighted by atomic mass is 79.9. The number of likely N-dealkylation sites (tertiary alicyclic amines) is 1. The molecule has 0 aliphatic carbocycles. The molecule has 0 radical (unpaired) electrons. The average Bonchev–Trinajstić information content (AvgIpc) is 2.44. The molecule has 0 atom stereocenters. The Balaban J connectivity index is 2.23. The van der Waals surface area contributed by atoms with Crippen LogP contribution in [0, 0.1) is 5.82 Å². The molecule has 0 aromatic heterocycles. The molecule has 1 fully saturated rings. The van der Waals surface area contributed by atoms with Crippen molar-refractivity contribution < 1.29 is 9.18 Å². The average molecular weight is 374 g/mol. The van der Waals surface area contributed by atoms with E-state index in [0.717, 1.165) is 13.1 Å². The van der Waals surface area contributed by atoms with Crippen molar-refractivity contribution >= 4 is 39.0 Å². The fourth-order valence-corrected chi connectivity index (χ4v) is 3.10. The predicted octanol–water partition coefficient (Wildman–Crippen LogP) is 2.07. The standard InChI is InChI=1S/C14H17BrFN3OS/c1-19-7-5-14(6-8-19,13(17)21)18-12(20)9-3-2-4-10(16)11(9)15/h2-4H,5-8H2,1H3,(H2,17,21)(H,18,20). The van der Waals surface area contributed by atoms with Gasteiger partial charge in [-0.3, -0.25) is 4.79 Å². The van der Waals surface area contributed by atoms with Gasteiger partial charge in [-0.05, 0) is 48.0 Å². The number of carbonyl (C=O) groups is 1. The topological polar surface area (TPSA) is 58.4 Å². The molecule has 2 rings (SSSR count). The summed E-state index contributed by atoms with van der Waals surface area (Å²) in [4.78, 5) is 14.9. The summed E-state index contributed by atoms with van der Waals surface area (Å²) in [5.74, 6) is -0.853. The van der Waals surface area contributed by atoms with Crippen molar-refractivity contribution in [3.8, 4) is 0 Å². The molecule has 0 bridgehead atoms. The van der Waals surface area contributed by atoms with Crippen LogP contribution in [0.5, 0.6) is 0 Å². The van der Waals surface area contributed by atoms with E-state index in [0.29, 0.717) is 12.8 Å². The molecule has 0 unspecified atom stereocenters. The van der Waals surface area contributed by atoms with Crippen molar-refractivity contribution in [2.75, 3.05) is 20.1 Å². The van der Waals surface area contributed by atoms with Crippen LogP contribution in [0.1, 0.15) is 23.2 Å². The lowest BCUT2D eigenvalue weighted by Gasteiger charge is -2.40. The van der Waals surface area contributed by atoms with Crippen LogP contribution in [0.25, 0.3) is 0 Å². The van der Waals surface area contributed by atoms with Gasteiger partial charge in [0.1, 0.15) is 5.82 Å². The normalized spacial score (nSPS) is 18.2. The number of hydrogen-bond acceptors (Lipinski definition) is 3. The molecule has 1 saturated heterocycles. The van der Waals surface area contributed by atoms with Crippen LogP contribution in [0.4, 0.5) is 4.39 Å². The van der Waals surface area contributed by atoms with Crippen LogP contribution >= 0.6 is 28.1 Å². The number of nitrogens with one attached hydrogen (secondary N) is 1. The highest BCUT2D eigenvalue weighted by Gasteiger charge is 2.38. The Morgan fingerprint density at radius 2 is 2.10 bits per heavy atom. The van der Waals surface area contributed by atoms with Gasteiger partial charge in [0, 0.05) is 13.1 Å². The number of hydrogen-bond donors (Lipinski definition) is 2. The fourth-order valence-electron chi connectivity index (χ4n) is 2.40. The van der Waals surface area contributed by atoms with Gasteiger partial charge in [0.05, 0.1) is 20.6 Å². The molecule has 1 aliphatic rings. The quantitative estimate of drug-likeness (QED) is 0.796. The summed E-state index contributed by atoms with van der Waals surface area (Å²) in [5.41, 5.74) is 5.39. The van der Waals surface area contributed by atoms with Crippen molar-refractivity contribution in [1.82, 2.24) is 10.2 Å². The van der Waals surface area contributed by atoms with Crippen LogP contribution in [0.3, 0.4) is 0 Å². The summed E-state index contributed by atoms with van der Waals surface area (Å²) in [6.07, 6.45) is 1.30. The molecule has 1 amide bonds. The van der Waals surface area contributed by atoms with Gasteiger partial charge < -0.3 is 16.0 Å². The van der Waals surface area contributed by atoms with Crippen LogP contribution in [0.15, 0.2) is 22.7 Å². The highest BCUT2D eigenvalue weighted by molar-refractivity contribution is 9.10. The Morgan fingerprint density at radius 3 is 2.67 bits per heavy atom. The van der Waals surface area contributed by atoms with Crippen molar-refractivity contribution in [1.29, 1.82) is 0 Å². The van der Waals surface area contributed by atoms with E-state index < -0.39 is 11.4 Å². The van der Waals surface area contributed by atoms with Crippen LogP contribution in [0.2, 0.25) is 0 Å². The maximum Gasteiger partial charge on any atom is 0.253 e. The van der Waals surface area contributed by atoms with Crippen LogP contribution in [-0.2, 0) is 0 Å². The number of benzene rings is 1. The fraction of sp³-hybridized carbons (Fsp3) is 0.429. The molecule has 0 spiro atoms. The molecule has 21 heavy (non-hydrogen) atoms. The third-order valence-electron chi connectivity index (χ3n) is 3.86. The number of carbonyl (C=O) groups excluding carboxylic acids is 1. The van der Waals surface area contributed by atoms with E-state index in [9.17, 15) is 9.18 Å².